The fraction of sp³-hybridized carbons (Fsp3) is 0.500. The smallest absolute Gasteiger partial charge is 0.341 e. The average Bonchev–Trinajstić information content (AvgIpc) is 2.66. The van der Waals surface area contributed by atoms with E-state index in [0.717, 1.165) is 12.1 Å². The molecule has 0 saturated heterocycles. The number of carbonyl (C=O) groups is 3. The van der Waals surface area contributed by atoms with E-state index in [1.165, 1.54) is 6.07 Å². The number of hydrogen-bond acceptors (Lipinski definition) is 9. The molecule has 3 atom stereocenters. The number of ether oxygens (including phenoxy) is 3. The van der Waals surface area contributed by atoms with Gasteiger partial charge in [0.1, 0.15) is 0 Å². The van der Waals surface area contributed by atoms with Gasteiger partial charge in [0.25, 0.3) is 0 Å². The van der Waals surface area contributed by atoms with Crippen molar-refractivity contribution in [1.82, 2.24) is 0 Å². The van der Waals surface area contributed by atoms with Gasteiger partial charge in [-0.2, -0.15) is 0 Å². The summed E-state index contributed by atoms with van der Waals surface area (Å²) in [6.45, 7) is 4.76. The summed E-state index contributed by atoms with van der Waals surface area (Å²) in [5.74, 6) is -2.98. The third-order valence-corrected chi connectivity index (χ3v) is 3.47. The summed E-state index contributed by atoms with van der Waals surface area (Å²) in [5.41, 5.74) is -0.729. The van der Waals surface area contributed by atoms with Gasteiger partial charge in [0.05, 0.1) is 16.7 Å². The lowest BCUT2D eigenvalue weighted by molar-refractivity contribution is -0.0692. The second-order valence-corrected chi connectivity index (χ2v) is 5.56. The van der Waals surface area contributed by atoms with Crippen molar-refractivity contribution in [3.8, 4) is 0 Å². The van der Waals surface area contributed by atoms with Crippen LogP contribution in [0.2, 0.25) is 0 Å². The quantitative estimate of drug-likeness (QED) is 0.327. The average molecular weight is 384 g/mol. The Morgan fingerprint density at radius 2 is 1.15 bits per heavy atom. The topological polar surface area (TPSA) is 140 Å². The molecule has 27 heavy (non-hydrogen) atoms. The molecule has 0 aliphatic heterocycles. The standard InChI is InChI=1S/C18H24O9/c1-4-13(19)25-16(22)10-7-8-11(17(23)26-14(20)5-2)12(9-10)18(24)27-15(21)6-3/h7-9,13-15,19-21H,4-6H2,1-3H3. The van der Waals surface area contributed by atoms with Crippen LogP contribution in [-0.4, -0.2) is 52.1 Å². The first-order valence-electron chi connectivity index (χ1n) is 8.54. The lowest BCUT2D eigenvalue weighted by Gasteiger charge is -2.15. The number of benzene rings is 1. The van der Waals surface area contributed by atoms with Gasteiger partial charge in [0.2, 0.25) is 18.9 Å². The molecule has 0 aliphatic carbocycles. The summed E-state index contributed by atoms with van der Waals surface area (Å²) in [4.78, 5) is 36.5. The van der Waals surface area contributed by atoms with Crippen LogP contribution in [0, 0.1) is 0 Å². The number of aliphatic hydroxyl groups is 3. The molecule has 3 N–H and O–H groups in total. The number of hydrogen-bond donors (Lipinski definition) is 3. The van der Waals surface area contributed by atoms with E-state index in [1.807, 2.05) is 0 Å². The van der Waals surface area contributed by atoms with E-state index in [0.29, 0.717) is 0 Å². The maximum Gasteiger partial charge on any atom is 0.341 e. The van der Waals surface area contributed by atoms with Crippen molar-refractivity contribution in [3.05, 3.63) is 34.9 Å². The molecule has 9 heteroatoms. The van der Waals surface area contributed by atoms with E-state index in [4.69, 9.17) is 14.2 Å². The Balaban J connectivity index is 3.23. The zero-order valence-corrected chi connectivity index (χ0v) is 15.4. The third kappa shape index (κ3) is 6.63. The van der Waals surface area contributed by atoms with Crippen molar-refractivity contribution in [3.63, 3.8) is 0 Å². The minimum Gasteiger partial charge on any atom is -0.432 e. The maximum atomic E-state index is 12.3. The van der Waals surface area contributed by atoms with Crippen molar-refractivity contribution in [2.75, 3.05) is 0 Å². The second kappa shape index (κ2) is 10.6. The van der Waals surface area contributed by atoms with Crippen LogP contribution in [-0.2, 0) is 14.2 Å². The Labute approximate surface area is 156 Å². The summed E-state index contributed by atoms with van der Waals surface area (Å²) in [6, 6.07) is 3.37. The Kier molecular flexibility index (Phi) is 8.86. The van der Waals surface area contributed by atoms with Crippen LogP contribution in [0.1, 0.15) is 71.1 Å². The van der Waals surface area contributed by atoms with Crippen LogP contribution < -0.4 is 0 Å². The van der Waals surface area contributed by atoms with Gasteiger partial charge < -0.3 is 29.5 Å². The normalized spacial score (nSPS) is 14.0. The highest BCUT2D eigenvalue weighted by atomic mass is 16.6. The fourth-order valence-corrected chi connectivity index (χ4v) is 1.83. The molecule has 1 rings (SSSR count). The van der Waals surface area contributed by atoms with Gasteiger partial charge in [-0.25, -0.2) is 14.4 Å². The van der Waals surface area contributed by atoms with Gasteiger partial charge in [0, 0.05) is 19.3 Å². The minimum atomic E-state index is -1.40. The minimum absolute atomic E-state index is 0.116. The molecule has 9 nitrogen and oxygen atoms in total. The summed E-state index contributed by atoms with van der Waals surface area (Å²) in [6.07, 6.45) is -3.67. The molecule has 0 aromatic heterocycles. The predicted octanol–water partition coefficient (Wildman–Crippen LogP) is 1.34. The van der Waals surface area contributed by atoms with Gasteiger partial charge in [-0.3, -0.25) is 0 Å². The van der Waals surface area contributed by atoms with Gasteiger partial charge >= 0.3 is 17.9 Å². The summed E-state index contributed by atoms with van der Waals surface area (Å²) < 4.78 is 14.3. The Bertz CT molecular complexity index is 671. The number of rotatable bonds is 9. The van der Waals surface area contributed by atoms with Gasteiger partial charge in [-0.05, 0) is 18.2 Å². The molecule has 0 heterocycles. The van der Waals surface area contributed by atoms with E-state index in [1.54, 1.807) is 20.8 Å². The Morgan fingerprint density at radius 3 is 1.59 bits per heavy atom. The Morgan fingerprint density at radius 1 is 0.741 bits per heavy atom. The molecule has 0 spiro atoms. The zero-order chi connectivity index (χ0) is 20.6. The van der Waals surface area contributed by atoms with Crippen LogP contribution in [0.15, 0.2) is 18.2 Å². The van der Waals surface area contributed by atoms with Crippen molar-refractivity contribution in [2.24, 2.45) is 0 Å². The van der Waals surface area contributed by atoms with Crippen LogP contribution in [0.25, 0.3) is 0 Å². The molecule has 0 fully saturated rings. The SMILES string of the molecule is CCC(O)OC(=O)c1ccc(C(=O)OC(O)CC)c(C(=O)OC(O)CC)c1. The predicted molar refractivity (Wildman–Crippen MR) is 91.6 cm³/mol. The van der Waals surface area contributed by atoms with Crippen LogP contribution in [0.5, 0.6) is 0 Å². The molecule has 1 aromatic carbocycles. The van der Waals surface area contributed by atoms with Gasteiger partial charge in [0.15, 0.2) is 0 Å². The van der Waals surface area contributed by atoms with E-state index in [2.05, 4.69) is 0 Å². The lowest BCUT2D eigenvalue weighted by Crippen LogP contribution is -2.23. The molecular weight excluding hydrogens is 360 g/mol. The molecule has 0 saturated carbocycles. The molecule has 0 radical (unpaired) electrons. The maximum absolute atomic E-state index is 12.3. The number of esters is 3. The summed E-state index contributed by atoms with van der Waals surface area (Å²) >= 11 is 0. The van der Waals surface area contributed by atoms with Crippen molar-refractivity contribution in [2.45, 2.75) is 58.9 Å². The second-order valence-electron chi connectivity index (χ2n) is 5.56. The van der Waals surface area contributed by atoms with E-state index >= 15 is 0 Å². The van der Waals surface area contributed by atoms with Crippen LogP contribution >= 0.6 is 0 Å². The molecule has 0 amide bonds. The van der Waals surface area contributed by atoms with Crippen molar-refractivity contribution < 1.29 is 43.9 Å². The summed E-state index contributed by atoms with van der Waals surface area (Å²) in [5, 5.41) is 28.4. The van der Waals surface area contributed by atoms with Crippen LogP contribution in [0.3, 0.4) is 0 Å². The largest absolute Gasteiger partial charge is 0.432 e. The van der Waals surface area contributed by atoms with E-state index in [9.17, 15) is 29.7 Å². The molecule has 150 valence electrons. The van der Waals surface area contributed by atoms with E-state index < -0.39 is 36.8 Å². The highest BCUT2D eigenvalue weighted by Gasteiger charge is 2.25. The van der Waals surface area contributed by atoms with E-state index in [-0.39, 0.29) is 36.0 Å². The highest BCUT2D eigenvalue weighted by molar-refractivity contribution is 6.05. The first kappa shape index (κ1) is 22.6. The first-order valence-corrected chi connectivity index (χ1v) is 8.54. The molecule has 1 aromatic rings. The zero-order valence-electron chi connectivity index (χ0n) is 15.4. The number of aliphatic hydroxyl groups excluding tert-OH is 3. The van der Waals surface area contributed by atoms with Gasteiger partial charge in [-0.1, -0.05) is 20.8 Å². The monoisotopic (exact) mass is 384 g/mol. The highest BCUT2D eigenvalue weighted by Crippen LogP contribution is 2.18. The Hall–Kier alpha value is -2.49. The molecular formula is C18H24O9. The van der Waals surface area contributed by atoms with Crippen molar-refractivity contribution >= 4 is 17.9 Å². The lowest BCUT2D eigenvalue weighted by atomic mass is 10.0. The van der Waals surface area contributed by atoms with Gasteiger partial charge in [-0.15, -0.1) is 0 Å². The molecule has 0 bridgehead atoms. The molecule has 0 aliphatic rings. The van der Waals surface area contributed by atoms with Crippen LogP contribution in [0.4, 0.5) is 0 Å². The summed E-state index contributed by atoms with van der Waals surface area (Å²) in [7, 11) is 0. The first-order chi connectivity index (χ1) is 12.7. The fourth-order valence-electron chi connectivity index (χ4n) is 1.83. The molecule has 3 unspecified atom stereocenters. The third-order valence-electron chi connectivity index (χ3n) is 3.47. The number of carbonyl (C=O) groups excluding carboxylic acids is 3. The van der Waals surface area contributed by atoms with Crippen molar-refractivity contribution in [1.29, 1.82) is 0 Å².